The topological polar surface area (TPSA) is 71.4 Å². The second-order valence-corrected chi connectivity index (χ2v) is 9.71. The molecule has 8 heteroatoms. The quantitative estimate of drug-likeness (QED) is 0.520. The van der Waals surface area contributed by atoms with E-state index in [9.17, 15) is 8.42 Å². The fourth-order valence-electron chi connectivity index (χ4n) is 3.84. The smallest absolute Gasteiger partial charge is 0.279 e. The number of methoxy groups -OCH3 is 2. The zero-order valence-electron chi connectivity index (χ0n) is 19.1. The van der Waals surface area contributed by atoms with Crippen molar-refractivity contribution in [1.82, 2.24) is 4.41 Å². The monoisotopic (exact) mass is 465 g/mol. The lowest BCUT2D eigenvalue weighted by atomic mass is 9.98. The lowest BCUT2D eigenvalue weighted by molar-refractivity contribution is 0.355. The van der Waals surface area contributed by atoms with Gasteiger partial charge in [0.1, 0.15) is 0 Å². The molecule has 0 bridgehead atoms. The Bertz CT molecular complexity index is 1260. The van der Waals surface area contributed by atoms with Crippen molar-refractivity contribution >= 4 is 21.4 Å². The standard InChI is InChI=1S/C25H27N3O4S/c1-27(2)20-13-10-18(11-14-20)23-17-22(19-12-15-24(31-3)25(16-19)32-4)26-28(23)33(29,30)21-8-6-5-7-9-21/h5-16,23H,17H2,1-4H3/t23-/m1/s1. The first-order valence-corrected chi connectivity index (χ1v) is 12.0. The van der Waals surface area contributed by atoms with Gasteiger partial charge in [-0.15, -0.1) is 0 Å². The lowest BCUT2D eigenvalue weighted by Gasteiger charge is -2.24. The van der Waals surface area contributed by atoms with Crippen LogP contribution in [0.4, 0.5) is 5.69 Å². The normalized spacial score (nSPS) is 15.8. The van der Waals surface area contributed by atoms with Crippen molar-refractivity contribution in [2.75, 3.05) is 33.2 Å². The molecule has 0 saturated carbocycles. The lowest BCUT2D eigenvalue weighted by Crippen LogP contribution is -2.27. The van der Waals surface area contributed by atoms with E-state index in [-0.39, 0.29) is 4.90 Å². The molecule has 0 N–H and O–H groups in total. The minimum absolute atomic E-state index is 0.206. The molecule has 3 aromatic carbocycles. The van der Waals surface area contributed by atoms with Gasteiger partial charge in [-0.25, -0.2) is 0 Å². The van der Waals surface area contributed by atoms with Crippen LogP contribution in [0.1, 0.15) is 23.6 Å². The maximum atomic E-state index is 13.6. The third kappa shape index (κ3) is 4.39. The SMILES string of the molecule is COc1ccc(C2=NN(S(=O)(=O)c3ccccc3)[C@@H](c3ccc(N(C)C)cc3)C2)cc1OC. The van der Waals surface area contributed by atoms with Crippen LogP contribution in [0.3, 0.4) is 0 Å². The molecule has 0 amide bonds. The van der Waals surface area contributed by atoms with Crippen molar-refractivity contribution in [3.05, 3.63) is 83.9 Å². The van der Waals surface area contributed by atoms with Gasteiger partial charge < -0.3 is 14.4 Å². The summed E-state index contributed by atoms with van der Waals surface area (Å²) in [5.74, 6) is 1.17. The maximum absolute atomic E-state index is 13.6. The molecule has 0 saturated heterocycles. The fraction of sp³-hybridized carbons (Fsp3) is 0.240. The summed E-state index contributed by atoms with van der Waals surface area (Å²) >= 11 is 0. The first-order valence-electron chi connectivity index (χ1n) is 10.5. The fourth-order valence-corrected chi connectivity index (χ4v) is 5.30. The highest BCUT2D eigenvalue weighted by molar-refractivity contribution is 7.89. The largest absolute Gasteiger partial charge is 0.493 e. The van der Waals surface area contributed by atoms with Crippen LogP contribution < -0.4 is 14.4 Å². The summed E-state index contributed by atoms with van der Waals surface area (Å²) in [4.78, 5) is 2.21. The molecule has 1 heterocycles. The zero-order valence-corrected chi connectivity index (χ0v) is 19.9. The van der Waals surface area contributed by atoms with Crippen molar-refractivity contribution in [2.45, 2.75) is 17.4 Å². The Balaban J connectivity index is 1.78. The van der Waals surface area contributed by atoms with E-state index in [1.807, 2.05) is 55.4 Å². The second kappa shape index (κ2) is 9.15. The predicted octanol–water partition coefficient (Wildman–Crippen LogP) is 4.31. The average Bonchev–Trinajstić information content (AvgIpc) is 3.30. The molecular formula is C25H27N3O4S. The average molecular weight is 466 g/mol. The molecule has 0 spiro atoms. The van der Waals surface area contributed by atoms with Gasteiger partial charge in [0, 0.05) is 31.8 Å². The number of hydrazone groups is 1. The summed E-state index contributed by atoms with van der Waals surface area (Å²) in [5, 5.41) is 4.61. The summed E-state index contributed by atoms with van der Waals surface area (Å²) < 4.78 is 39.1. The van der Waals surface area contributed by atoms with Gasteiger partial charge in [0.2, 0.25) is 0 Å². The number of ether oxygens (including phenoxy) is 2. The molecule has 1 aliphatic rings. The number of benzene rings is 3. The Kier molecular flexibility index (Phi) is 6.29. The van der Waals surface area contributed by atoms with Crippen LogP contribution in [0.2, 0.25) is 0 Å². The van der Waals surface area contributed by atoms with Crippen molar-refractivity contribution in [3.63, 3.8) is 0 Å². The van der Waals surface area contributed by atoms with Gasteiger partial charge in [-0.05, 0) is 48.0 Å². The van der Waals surface area contributed by atoms with Gasteiger partial charge in [-0.3, -0.25) is 0 Å². The molecule has 172 valence electrons. The Morgan fingerprint density at radius 1 is 0.909 bits per heavy atom. The highest BCUT2D eigenvalue weighted by atomic mass is 32.2. The van der Waals surface area contributed by atoms with Crippen LogP contribution in [0, 0.1) is 0 Å². The molecule has 1 aliphatic heterocycles. The summed E-state index contributed by atoms with van der Waals surface area (Å²) in [7, 11) is 3.23. The molecule has 1 atom stereocenters. The molecule has 3 aromatic rings. The summed E-state index contributed by atoms with van der Waals surface area (Å²) in [6, 6.07) is 21.3. The van der Waals surface area contributed by atoms with Gasteiger partial charge >= 0.3 is 0 Å². The Hall–Kier alpha value is -3.52. The van der Waals surface area contributed by atoms with E-state index >= 15 is 0 Å². The van der Waals surface area contributed by atoms with Gasteiger partial charge in [0.05, 0.1) is 30.9 Å². The first-order chi connectivity index (χ1) is 15.8. The maximum Gasteiger partial charge on any atom is 0.279 e. The molecule has 33 heavy (non-hydrogen) atoms. The molecule has 0 aromatic heterocycles. The Morgan fingerprint density at radius 2 is 1.58 bits per heavy atom. The van der Waals surface area contributed by atoms with E-state index in [0.717, 1.165) is 16.8 Å². The van der Waals surface area contributed by atoms with E-state index < -0.39 is 16.1 Å². The third-order valence-electron chi connectivity index (χ3n) is 5.67. The van der Waals surface area contributed by atoms with E-state index in [1.165, 1.54) is 4.41 Å². The molecule has 0 unspecified atom stereocenters. The zero-order chi connectivity index (χ0) is 23.6. The van der Waals surface area contributed by atoms with Crippen LogP contribution in [0.25, 0.3) is 0 Å². The van der Waals surface area contributed by atoms with Crippen molar-refractivity contribution in [1.29, 1.82) is 0 Å². The number of hydrogen-bond donors (Lipinski definition) is 0. The van der Waals surface area contributed by atoms with Crippen LogP contribution >= 0.6 is 0 Å². The van der Waals surface area contributed by atoms with E-state index in [2.05, 4.69) is 5.10 Å². The number of anilines is 1. The second-order valence-electron chi connectivity index (χ2n) is 7.91. The minimum Gasteiger partial charge on any atom is -0.493 e. The number of sulfonamides is 1. The van der Waals surface area contributed by atoms with Gasteiger partial charge in [0.25, 0.3) is 10.0 Å². The van der Waals surface area contributed by atoms with Crippen LogP contribution in [-0.2, 0) is 10.0 Å². The van der Waals surface area contributed by atoms with E-state index in [0.29, 0.717) is 23.6 Å². The summed E-state index contributed by atoms with van der Waals surface area (Å²) in [5.41, 5.74) is 3.36. The predicted molar refractivity (Wildman–Crippen MR) is 130 cm³/mol. The number of rotatable bonds is 7. The third-order valence-corrected chi connectivity index (χ3v) is 7.37. The van der Waals surface area contributed by atoms with Crippen LogP contribution in [0.5, 0.6) is 11.5 Å². The Morgan fingerprint density at radius 3 is 2.18 bits per heavy atom. The van der Waals surface area contributed by atoms with Gasteiger partial charge in [-0.2, -0.15) is 17.9 Å². The van der Waals surface area contributed by atoms with Crippen molar-refractivity contribution in [3.8, 4) is 11.5 Å². The Labute approximate surface area is 194 Å². The molecule has 7 nitrogen and oxygen atoms in total. The highest BCUT2D eigenvalue weighted by Crippen LogP contribution is 2.39. The molecule has 0 radical (unpaired) electrons. The molecule has 0 fully saturated rings. The van der Waals surface area contributed by atoms with Gasteiger partial charge in [-0.1, -0.05) is 30.3 Å². The molecule has 4 rings (SSSR count). The first kappa shape index (κ1) is 22.7. The number of hydrogen-bond acceptors (Lipinski definition) is 6. The highest BCUT2D eigenvalue weighted by Gasteiger charge is 2.37. The minimum atomic E-state index is -3.85. The van der Waals surface area contributed by atoms with E-state index in [4.69, 9.17) is 9.47 Å². The van der Waals surface area contributed by atoms with Crippen molar-refractivity contribution in [2.24, 2.45) is 5.10 Å². The molecular weight excluding hydrogens is 438 g/mol. The van der Waals surface area contributed by atoms with Gasteiger partial charge in [0.15, 0.2) is 11.5 Å². The summed E-state index contributed by atoms with van der Waals surface area (Å²) in [6.07, 6.45) is 0.433. The van der Waals surface area contributed by atoms with Crippen LogP contribution in [-0.4, -0.2) is 46.9 Å². The molecule has 0 aliphatic carbocycles. The number of nitrogens with zero attached hydrogens (tertiary/aromatic N) is 3. The summed E-state index contributed by atoms with van der Waals surface area (Å²) in [6.45, 7) is 0. The van der Waals surface area contributed by atoms with E-state index in [1.54, 1.807) is 50.6 Å². The van der Waals surface area contributed by atoms with Crippen molar-refractivity contribution < 1.29 is 17.9 Å². The van der Waals surface area contributed by atoms with Crippen LogP contribution in [0.15, 0.2) is 82.8 Å².